The third-order valence-electron chi connectivity index (χ3n) is 3.45. The zero-order valence-corrected chi connectivity index (χ0v) is 15.2. The highest BCUT2D eigenvalue weighted by Gasteiger charge is 2.26. The minimum atomic E-state index is -0.453. The van der Waals surface area contributed by atoms with Crippen molar-refractivity contribution in [3.63, 3.8) is 0 Å². The quantitative estimate of drug-likeness (QED) is 0.431. The number of hydrogen-bond acceptors (Lipinski definition) is 9. The normalized spacial score (nSPS) is 12.3. The molecule has 0 saturated carbocycles. The van der Waals surface area contributed by atoms with Crippen molar-refractivity contribution in [3.05, 3.63) is 18.6 Å². The van der Waals surface area contributed by atoms with Crippen LogP contribution in [-0.2, 0) is 4.79 Å². The fraction of sp³-hybridized carbons (Fsp3) is 0.333. The Hall–Kier alpha value is -2.95. The van der Waals surface area contributed by atoms with Crippen molar-refractivity contribution in [2.24, 2.45) is 5.92 Å². The molecule has 0 aromatic carbocycles. The number of ether oxygens (including phenoxy) is 1. The number of rotatable bonds is 6. The molecule has 0 bridgehead atoms. The van der Waals surface area contributed by atoms with Gasteiger partial charge in [0.2, 0.25) is 23.7 Å². The summed E-state index contributed by atoms with van der Waals surface area (Å²) in [5.74, 6) is 0.412. The second-order valence-corrected chi connectivity index (χ2v) is 6.81. The van der Waals surface area contributed by atoms with E-state index in [2.05, 4.69) is 35.2 Å². The molecular weight excluding hydrogens is 356 g/mol. The topological polar surface area (TPSA) is 145 Å². The SMILES string of the molecule is COc1ccnc(NC(=O)[C@@H](Sc2nc(N)nc3nc[nH]c23)C(C)C)n1. The summed E-state index contributed by atoms with van der Waals surface area (Å²) in [7, 11) is 1.50. The molecule has 11 heteroatoms. The average Bonchev–Trinajstić information content (AvgIpc) is 3.07. The van der Waals surface area contributed by atoms with Crippen molar-refractivity contribution in [1.29, 1.82) is 0 Å². The lowest BCUT2D eigenvalue weighted by Gasteiger charge is -2.19. The van der Waals surface area contributed by atoms with Gasteiger partial charge >= 0.3 is 0 Å². The fourth-order valence-electron chi connectivity index (χ4n) is 2.22. The number of amides is 1. The van der Waals surface area contributed by atoms with Crippen molar-refractivity contribution in [1.82, 2.24) is 29.9 Å². The number of aromatic amines is 1. The Balaban J connectivity index is 1.84. The van der Waals surface area contributed by atoms with Gasteiger partial charge in [0, 0.05) is 12.3 Å². The minimum absolute atomic E-state index is 0.0137. The van der Waals surface area contributed by atoms with E-state index in [1.807, 2.05) is 13.8 Å². The molecule has 0 unspecified atom stereocenters. The van der Waals surface area contributed by atoms with Crippen molar-refractivity contribution < 1.29 is 9.53 Å². The van der Waals surface area contributed by atoms with E-state index in [-0.39, 0.29) is 23.7 Å². The lowest BCUT2D eigenvalue weighted by Crippen LogP contribution is -2.30. The first-order valence-corrected chi connectivity index (χ1v) is 8.67. The number of nitrogens with two attached hydrogens (primary N) is 1. The van der Waals surface area contributed by atoms with E-state index >= 15 is 0 Å². The van der Waals surface area contributed by atoms with Crippen LogP contribution in [0.3, 0.4) is 0 Å². The van der Waals surface area contributed by atoms with Gasteiger partial charge in [-0.15, -0.1) is 0 Å². The van der Waals surface area contributed by atoms with Crippen LogP contribution in [-0.4, -0.2) is 48.2 Å². The summed E-state index contributed by atoms with van der Waals surface area (Å²) in [5, 5.41) is 2.82. The Bertz CT molecular complexity index is 929. The number of nitrogens with one attached hydrogen (secondary N) is 2. The molecule has 136 valence electrons. The number of nitrogen functional groups attached to an aromatic ring is 1. The van der Waals surface area contributed by atoms with Crippen molar-refractivity contribution >= 4 is 40.7 Å². The van der Waals surface area contributed by atoms with Gasteiger partial charge in [-0.2, -0.15) is 9.97 Å². The van der Waals surface area contributed by atoms with Crippen molar-refractivity contribution in [2.75, 3.05) is 18.2 Å². The third-order valence-corrected chi connectivity index (χ3v) is 4.98. The number of nitrogens with zero attached hydrogens (tertiary/aromatic N) is 5. The molecule has 4 N–H and O–H groups in total. The van der Waals surface area contributed by atoms with E-state index < -0.39 is 5.25 Å². The van der Waals surface area contributed by atoms with Crippen LogP contribution in [0.15, 0.2) is 23.6 Å². The van der Waals surface area contributed by atoms with Crippen LogP contribution >= 0.6 is 11.8 Å². The van der Waals surface area contributed by atoms with Crippen LogP contribution in [0, 0.1) is 5.92 Å². The molecule has 1 amide bonds. The molecule has 0 fully saturated rings. The Kier molecular flexibility index (Phi) is 5.16. The van der Waals surface area contributed by atoms with Gasteiger partial charge in [0.25, 0.3) is 0 Å². The van der Waals surface area contributed by atoms with E-state index in [0.29, 0.717) is 22.1 Å². The van der Waals surface area contributed by atoms with Gasteiger partial charge in [0.15, 0.2) is 5.65 Å². The molecule has 10 nitrogen and oxygen atoms in total. The van der Waals surface area contributed by atoms with E-state index in [4.69, 9.17) is 10.5 Å². The Morgan fingerprint density at radius 2 is 2.12 bits per heavy atom. The fourth-order valence-corrected chi connectivity index (χ4v) is 3.31. The van der Waals surface area contributed by atoms with Crippen molar-refractivity contribution in [2.45, 2.75) is 24.1 Å². The second-order valence-electron chi connectivity index (χ2n) is 5.68. The number of aromatic nitrogens is 6. The zero-order valence-electron chi connectivity index (χ0n) is 14.4. The van der Waals surface area contributed by atoms with E-state index in [9.17, 15) is 4.79 Å². The van der Waals surface area contributed by atoms with Gasteiger partial charge in [-0.3, -0.25) is 10.1 Å². The standard InChI is InChI=1S/C15H18N8O2S/c1-7(2)10(12(24)22-15-17-5-4-8(20-15)25-3)26-13-9-11(19-6-18-9)21-14(16)23-13/h4-7,10H,1-3H3,(H,17,20,22,24)(H3,16,18,19,21,23)/t10-/m0/s1. The molecule has 0 saturated heterocycles. The first kappa shape index (κ1) is 17.9. The van der Waals surface area contributed by atoms with E-state index in [1.54, 1.807) is 6.07 Å². The number of methoxy groups -OCH3 is 1. The molecule has 3 rings (SSSR count). The van der Waals surface area contributed by atoms with E-state index in [1.165, 1.54) is 31.4 Å². The minimum Gasteiger partial charge on any atom is -0.481 e. The van der Waals surface area contributed by atoms with Crippen molar-refractivity contribution in [3.8, 4) is 5.88 Å². The molecule has 3 heterocycles. The number of hydrogen-bond donors (Lipinski definition) is 3. The second kappa shape index (κ2) is 7.52. The molecular formula is C15H18N8O2S. The Morgan fingerprint density at radius 3 is 2.85 bits per heavy atom. The molecule has 3 aromatic heterocycles. The number of imidazole rings is 1. The largest absolute Gasteiger partial charge is 0.481 e. The molecule has 1 atom stereocenters. The van der Waals surface area contributed by atoms with Crippen LogP contribution in [0.2, 0.25) is 0 Å². The summed E-state index contributed by atoms with van der Waals surface area (Å²) in [6, 6.07) is 1.60. The van der Waals surface area contributed by atoms with Gasteiger partial charge in [0.1, 0.15) is 10.5 Å². The molecule has 0 aliphatic carbocycles. The number of thioether (sulfide) groups is 1. The highest BCUT2D eigenvalue weighted by molar-refractivity contribution is 8.00. The Labute approximate surface area is 153 Å². The molecule has 0 aliphatic heterocycles. The number of fused-ring (bicyclic) bond motifs is 1. The summed E-state index contributed by atoms with van der Waals surface area (Å²) >= 11 is 1.28. The number of carbonyl (C=O) groups excluding carboxylic acids is 1. The summed E-state index contributed by atoms with van der Waals surface area (Å²) in [5.41, 5.74) is 6.84. The predicted octanol–water partition coefficient (Wildman–Crippen LogP) is 1.49. The highest BCUT2D eigenvalue weighted by atomic mass is 32.2. The van der Waals surface area contributed by atoms with Crippen LogP contribution in [0.1, 0.15) is 13.8 Å². The maximum Gasteiger partial charge on any atom is 0.240 e. The smallest absolute Gasteiger partial charge is 0.240 e. The summed E-state index contributed by atoms with van der Waals surface area (Å²) < 4.78 is 5.04. The molecule has 0 aliphatic rings. The molecule has 26 heavy (non-hydrogen) atoms. The highest BCUT2D eigenvalue weighted by Crippen LogP contribution is 2.31. The molecule has 0 spiro atoms. The molecule has 0 radical (unpaired) electrons. The number of H-pyrrole nitrogens is 1. The van der Waals surface area contributed by atoms with Crippen LogP contribution in [0.5, 0.6) is 5.88 Å². The summed E-state index contributed by atoms with van der Waals surface area (Å²) in [6.07, 6.45) is 3.02. The summed E-state index contributed by atoms with van der Waals surface area (Å²) in [6.45, 7) is 3.89. The average molecular weight is 374 g/mol. The summed E-state index contributed by atoms with van der Waals surface area (Å²) in [4.78, 5) is 36.3. The zero-order chi connectivity index (χ0) is 18.7. The monoisotopic (exact) mass is 374 g/mol. The van der Waals surface area contributed by atoms with Gasteiger partial charge in [-0.25, -0.2) is 15.0 Å². The van der Waals surface area contributed by atoms with Crippen LogP contribution < -0.4 is 15.8 Å². The first-order valence-electron chi connectivity index (χ1n) is 7.79. The van der Waals surface area contributed by atoms with Gasteiger partial charge in [-0.1, -0.05) is 25.6 Å². The predicted molar refractivity (Wildman–Crippen MR) is 97.8 cm³/mol. The lowest BCUT2D eigenvalue weighted by atomic mass is 10.1. The van der Waals surface area contributed by atoms with Gasteiger partial charge < -0.3 is 15.5 Å². The number of anilines is 2. The van der Waals surface area contributed by atoms with E-state index in [0.717, 1.165) is 0 Å². The third kappa shape index (κ3) is 3.82. The van der Waals surface area contributed by atoms with Gasteiger partial charge in [0.05, 0.1) is 18.7 Å². The lowest BCUT2D eigenvalue weighted by molar-refractivity contribution is -0.116. The maximum absolute atomic E-state index is 12.8. The van der Waals surface area contributed by atoms with Gasteiger partial charge in [-0.05, 0) is 5.92 Å². The molecule has 3 aromatic rings. The van der Waals surface area contributed by atoms with Crippen LogP contribution in [0.25, 0.3) is 11.2 Å². The maximum atomic E-state index is 12.8. The number of carbonyl (C=O) groups is 1. The van der Waals surface area contributed by atoms with Crippen LogP contribution in [0.4, 0.5) is 11.9 Å². The Morgan fingerprint density at radius 1 is 1.31 bits per heavy atom. The first-order chi connectivity index (χ1) is 12.5.